The Morgan fingerprint density at radius 1 is 1.11 bits per heavy atom. The maximum absolute atomic E-state index is 12.1. The number of hydrogen-bond donors (Lipinski definition) is 0. The van der Waals surface area contributed by atoms with Gasteiger partial charge in [-0.2, -0.15) is 10.1 Å². The van der Waals surface area contributed by atoms with Gasteiger partial charge in [-0.3, -0.25) is 14.7 Å². The number of rotatable bonds is 5. The lowest BCUT2D eigenvalue weighted by Gasteiger charge is -2.33. The van der Waals surface area contributed by atoms with Crippen molar-refractivity contribution >= 4 is 6.01 Å². The Labute approximate surface area is 156 Å². The molecule has 0 saturated carbocycles. The van der Waals surface area contributed by atoms with E-state index in [1.165, 1.54) is 4.68 Å². The highest BCUT2D eigenvalue weighted by atomic mass is 16.5. The van der Waals surface area contributed by atoms with Crippen molar-refractivity contribution in [2.24, 2.45) is 0 Å². The summed E-state index contributed by atoms with van der Waals surface area (Å²) in [4.78, 5) is 24.9. The van der Waals surface area contributed by atoms with Gasteiger partial charge in [0.1, 0.15) is 0 Å². The van der Waals surface area contributed by atoms with E-state index in [-0.39, 0.29) is 5.56 Å². The minimum atomic E-state index is -0.0948. The molecule has 3 aromatic rings. The van der Waals surface area contributed by atoms with E-state index in [2.05, 4.69) is 30.0 Å². The van der Waals surface area contributed by atoms with Crippen molar-refractivity contribution in [1.29, 1.82) is 0 Å². The molecule has 9 heteroatoms. The minimum Gasteiger partial charge on any atom is -0.322 e. The summed E-state index contributed by atoms with van der Waals surface area (Å²) in [5.74, 6) is 0.645. The van der Waals surface area contributed by atoms with Crippen molar-refractivity contribution in [3.63, 3.8) is 0 Å². The summed E-state index contributed by atoms with van der Waals surface area (Å²) in [7, 11) is 0. The van der Waals surface area contributed by atoms with Gasteiger partial charge in [-0.1, -0.05) is 5.16 Å². The molecule has 4 heterocycles. The highest BCUT2D eigenvalue weighted by Gasteiger charge is 2.20. The molecule has 0 bridgehead atoms. The smallest absolute Gasteiger partial charge is 0.322 e. The highest BCUT2D eigenvalue weighted by Crippen LogP contribution is 2.14. The molecule has 1 aliphatic rings. The third-order valence-electron chi connectivity index (χ3n) is 4.61. The Morgan fingerprint density at radius 2 is 1.96 bits per heavy atom. The van der Waals surface area contributed by atoms with Gasteiger partial charge in [-0.15, -0.1) is 0 Å². The summed E-state index contributed by atoms with van der Waals surface area (Å²) in [6.45, 7) is 6.51. The lowest BCUT2D eigenvalue weighted by Crippen LogP contribution is -2.47. The van der Waals surface area contributed by atoms with Gasteiger partial charge < -0.3 is 9.42 Å². The Hall–Kier alpha value is -3.07. The molecule has 0 spiro atoms. The van der Waals surface area contributed by atoms with E-state index < -0.39 is 0 Å². The molecular weight excluding hydrogens is 346 g/mol. The van der Waals surface area contributed by atoms with Crippen LogP contribution >= 0.6 is 0 Å². The fraction of sp³-hybridized carbons (Fsp3) is 0.389. The number of pyridine rings is 1. The number of aryl methyl sites for hydroxylation is 1. The van der Waals surface area contributed by atoms with Crippen LogP contribution in [0.2, 0.25) is 0 Å². The van der Waals surface area contributed by atoms with Crippen molar-refractivity contribution in [2.75, 3.05) is 37.6 Å². The van der Waals surface area contributed by atoms with Gasteiger partial charge in [0.2, 0.25) is 0 Å². The number of anilines is 1. The molecule has 140 valence electrons. The van der Waals surface area contributed by atoms with E-state index in [0.717, 1.165) is 44.0 Å². The SMILES string of the molecule is Cc1noc(N2CCN(CCn3nc(-c4cccnc4)ccc3=O)CC2)n1. The summed E-state index contributed by atoms with van der Waals surface area (Å²) in [5, 5.41) is 8.32. The summed E-state index contributed by atoms with van der Waals surface area (Å²) in [6.07, 6.45) is 3.46. The maximum atomic E-state index is 12.1. The van der Waals surface area contributed by atoms with E-state index in [1.807, 2.05) is 19.1 Å². The van der Waals surface area contributed by atoms with E-state index in [1.54, 1.807) is 24.5 Å². The predicted molar refractivity (Wildman–Crippen MR) is 99.4 cm³/mol. The van der Waals surface area contributed by atoms with Crippen LogP contribution in [0.25, 0.3) is 11.3 Å². The van der Waals surface area contributed by atoms with Crippen LogP contribution in [0.15, 0.2) is 46.0 Å². The summed E-state index contributed by atoms with van der Waals surface area (Å²) in [5.41, 5.74) is 1.55. The lowest BCUT2D eigenvalue weighted by atomic mass is 10.2. The zero-order valence-electron chi connectivity index (χ0n) is 15.2. The average molecular weight is 367 g/mol. The third kappa shape index (κ3) is 4.03. The molecule has 0 amide bonds. The van der Waals surface area contributed by atoms with E-state index >= 15 is 0 Å². The van der Waals surface area contributed by atoms with Crippen LogP contribution in [0.3, 0.4) is 0 Å². The van der Waals surface area contributed by atoms with Crippen molar-refractivity contribution in [3.8, 4) is 11.3 Å². The van der Waals surface area contributed by atoms with Gasteiger partial charge in [0, 0.05) is 56.7 Å². The van der Waals surface area contributed by atoms with Crippen LogP contribution < -0.4 is 10.5 Å². The molecule has 0 atom stereocenters. The normalized spacial score (nSPS) is 15.2. The number of piperazine rings is 1. The van der Waals surface area contributed by atoms with Gasteiger partial charge in [0.25, 0.3) is 5.56 Å². The van der Waals surface area contributed by atoms with Crippen molar-refractivity contribution in [1.82, 2.24) is 29.8 Å². The zero-order chi connectivity index (χ0) is 18.6. The van der Waals surface area contributed by atoms with Crippen LogP contribution in [-0.4, -0.2) is 62.5 Å². The van der Waals surface area contributed by atoms with Gasteiger partial charge in [-0.25, -0.2) is 4.68 Å². The largest absolute Gasteiger partial charge is 0.324 e. The second-order valence-corrected chi connectivity index (χ2v) is 6.47. The van der Waals surface area contributed by atoms with E-state index in [0.29, 0.717) is 18.4 Å². The molecule has 0 aromatic carbocycles. The number of hydrogen-bond acceptors (Lipinski definition) is 8. The van der Waals surface area contributed by atoms with Crippen molar-refractivity contribution in [2.45, 2.75) is 13.5 Å². The number of nitrogens with zero attached hydrogens (tertiary/aromatic N) is 7. The van der Waals surface area contributed by atoms with Gasteiger partial charge in [0.05, 0.1) is 12.2 Å². The molecule has 0 radical (unpaired) electrons. The molecule has 9 nitrogen and oxygen atoms in total. The lowest BCUT2D eigenvalue weighted by molar-refractivity contribution is 0.236. The van der Waals surface area contributed by atoms with Crippen LogP contribution in [0.4, 0.5) is 6.01 Å². The van der Waals surface area contributed by atoms with Crippen molar-refractivity contribution in [3.05, 3.63) is 52.8 Å². The van der Waals surface area contributed by atoms with E-state index in [4.69, 9.17) is 4.52 Å². The molecule has 1 fully saturated rings. The Morgan fingerprint density at radius 3 is 2.67 bits per heavy atom. The standard InChI is InChI=1S/C18H21N7O2/c1-14-20-18(27-22-14)24-10-7-23(8-11-24)9-12-25-17(26)5-4-16(21-25)15-3-2-6-19-13-15/h2-6,13H,7-12H2,1H3. The quantitative estimate of drug-likeness (QED) is 0.654. The highest BCUT2D eigenvalue weighted by molar-refractivity contribution is 5.56. The zero-order valence-corrected chi connectivity index (χ0v) is 15.2. The molecule has 3 aromatic heterocycles. The molecular formula is C18H21N7O2. The molecule has 0 N–H and O–H groups in total. The summed E-state index contributed by atoms with van der Waals surface area (Å²) < 4.78 is 6.75. The fourth-order valence-corrected chi connectivity index (χ4v) is 3.09. The first-order valence-corrected chi connectivity index (χ1v) is 8.95. The van der Waals surface area contributed by atoms with Crippen LogP contribution in [-0.2, 0) is 6.54 Å². The predicted octanol–water partition coefficient (Wildman–Crippen LogP) is 0.819. The second-order valence-electron chi connectivity index (χ2n) is 6.47. The van der Waals surface area contributed by atoms with Gasteiger partial charge in [0.15, 0.2) is 5.82 Å². The minimum absolute atomic E-state index is 0.0948. The Balaban J connectivity index is 1.36. The first-order chi connectivity index (χ1) is 13.2. The third-order valence-corrected chi connectivity index (χ3v) is 4.61. The maximum Gasteiger partial charge on any atom is 0.324 e. The Bertz CT molecular complexity index is 946. The monoisotopic (exact) mass is 367 g/mol. The Kier molecular flexibility index (Phi) is 4.93. The molecule has 1 saturated heterocycles. The number of aromatic nitrogens is 5. The van der Waals surface area contributed by atoms with Crippen molar-refractivity contribution < 1.29 is 4.52 Å². The molecule has 4 rings (SSSR count). The average Bonchev–Trinajstić information content (AvgIpc) is 3.15. The van der Waals surface area contributed by atoms with Crippen LogP contribution in [0.1, 0.15) is 5.82 Å². The van der Waals surface area contributed by atoms with Gasteiger partial charge >= 0.3 is 6.01 Å². The van der Waals surface area contributed by atoms with Crippen LogP contribution in [0.5, 0.6) is 0 Å². The topological polar surface area (TPSA) is 93.2 Å². The van der Waals surface area contributed by atoms with Crippen LogP contribution in [0, 0.1) is 6.92 Å². The van der Waals surface area contributed by atoms with E-state index in [9.17, 15) is 4.79 Å². The molecule has 0 unspecified atom stereocenters. The molecule has 27 heavy (non-hydrogen) atoms. The summed E-state index contributed by atoms with van der Waals surface area (Å²) >= 11 is 0. The fourth-order valence-electron chi connectivity index (χ4n) is 3.09. The second kappa shape index (κ2) is 7.67. The summed E-state index contributed by atoms with van der Waals surface area (Å²) in [6, 6.07) is 7.67. The molecule has 0 aliphatic carbocycles. The first-order valence-electron chi connectivity index (χ1n) is 8.95. The van der Waals surface area contributed by atoms with Gasteiger partial charge in [-0.05, 0) is 25.1 Å². The first kappa shape index (κ1) is 17.3. The molecule has 1 aliphatic heterocycles.